The average molecular weight is 210 g/mol. The Hall–Kier alpha value is -0.590. The lowest BCUT2D eigenvalue weighted by atomic mass is 9.79. The minimum absolute atomic E-state index is 0.0676. The molecule has 0 spiro atoms. The maximum atomic E-state index is 14.9. The summed E-state index contributed by atoms with van der Waals surface area (Å²) < 4.78 is 14.9. The number of alkyl halides is 1. The molecule has 0 heterocycles. The summed E-state index contributed by atoms with van der Waals surface area (Å²) in [5, 5.41) is 0. The quantitative estimate of drug-likeness (QED) is 0.610. The van der Waals surface area contributed by atoms with E-state index in [9.17, 15) is 4.39 Å². The molecule has 0 aromatic rings. The van der Waals surface area contributed by atoms with E-state index in [2.05, 4.69) is 19.1 Å². The predicted octanol–water partition coefficient (Wildman–Crippen LogP) is 4.82. The van der Waals surface area contributed by atoms with Crippen LogP contribution in [-0.4, -0.2) is 5.67 Å². The molecule has 15 heavy (non-hydrogen) atoms. The van der Waals surface area contributed by atoms with Crippen LogP contribution in [0.3, 0.4) is 0 Å². The van der Waals surface area contributed by atoms with Gasteiger partial charge in [0.05, 0.1) is 0 Å². The molecule has 1 unspecified atom stereocenters. The smallest absolute Gasteiger partial charge is 0.138 e. The van der Waals surface area contributed by atoms with Crippen molar-refractivity contribution in [1.82, 2.24) is 0 Å². The third-order valence-corrected chi connectivity index (χ3v) is 3.28. The van der Waals surface area contributed by atoms with E-state index >= 15 is 0 Å². The zero-order valence-electron chi connectivity index (χ0n) is 10.2. The Labute approximate surface area is 93.3 Å². The van der Waals surface area contributed by atoms with Crippen LogP contribution in [0.1, 0.15) is 52.9 Å². The van der Waals surface area contributed by atoms with E-state index in [1.165, 1.54) is 0 Å². The van der Waals surface area contributed by atoms with Gasteiger partial charge >= 0.3 is 0 Å². The average Bonchev–Trinajstić information content (AvgIpc) is 2.27. The molecule has 0 N–H and O–H groups in total. The second-order valence-corrected chi connectivity index (χ2v) is 4.76. The Morgan fingerprint density at radius 3 is 2.60 bits per heavy atom. The molecule has 0 aromatic heterocycles. The van der Waals surface area contributed by atoms with Crippen LogP contribution in [-0.2, 0) is 0 Å². The first kappa shape index (κ1) is 12.5. The van der Waals surface area contributed by atoms with Gasteiger partial charge in [-0.2, -0.15) is 0 Å². The molecule has 0 aromatic carbocycles. The van der Waals surface area contributed by atoms with Gasteiger partial charge in [0.1, 0.15) is 5.67 Å². The highest BCUT2D eigenvalue weighted by atomic mass is 19.1. The summed E-state index contributed by atoms with van der Waals surface area (Å²) >= 11 is 0. The van der Waals surface area contributed by atoms with Crippen molar-refractivity contribution in [1.29, 1.82) is 0 Å². The SMILES string of the molecule is CCCCC(F)(C1=CCCC=C1)C(C)C. The van der Waals surface area contributed by atoms with Gasteiger partial charge in [0, 0.05) is 0 Å². The summed E-state index contributed by atoms with van der Waals surface area (Å²) in [6.07, 6.45) is 10.9. The largest absolute Gasteiger partial charge is 0.238 e. The van der Waals surface area contributed by atoms with Gasteiger partial charge in [-0.3, -0.25) is 0 Å². The normalized spacial score (nSPS) is 20.2. The van der Waals surface area contributed by atoms with Gasteiger partial charge in [0.25, 0.3) is 0 Å². The first-order valence-electron chi connectivity index (χ1n) is 6.17. The van der Waals surface area contributed by atoms with Crippen molar-refractivity contribution < 1.29 is 4.39 Å². The highest BCUT2D eigenvalue weighted by Gasteiger charge is 2.35. The van der Waals surface area contributed by atoms with Crippen LogP contribution in [0.5, 0.6) is 0 Å². The fourth-order valence-corrected chi connectivity index (χ4v) is 2.12. The lowest BCUT2D eigenvalue weighted by molar-refractivity contribution is 0.132. The monoisotopic (exact) mass is 210 g/mol. The summed E-state index contributed by atoms with van der Waals surface area (Å²) in [5.74, 6) is 0.0676. The van der Waals surface area contributed by atoms with Crippen molar-refractivity contribution in [2.75, 3.05) is 0 Å². The van der Waals surface area contributed by atoms with Gasteiger partial charge in [0.15, 0.2) is 0 Å². The van der Waals surface area contributed by atoms with E-state index < -0.39 is 5.67 Å². The minimum Gasteiger partial charge on any atom is -0.238 e. The Morgan fingerprint density at radius 1 is 1.40 bits per heavy atom. The summed E-state index contributed by atoms with van der Waals surface area (Å²) in [6.45, 7) is 6.09. The molecule has 0 bridgehead atoms. The van der Waals surface area contributed by atoms with E-state index in [4.69, 9.17) is 0 Å². The fraction of sp³-hybridized carbons (Fsp3) is 0.714. The zero-order chi connectivity index (χ0) is 11.3. The molecule has 0 radical (unpaired) electrons. The van der Waals surface area contributed by atoms with Crippen LogP contribution in [0, 0.1) is 5.92 Å². The molecule has 1 heteroatoms. The minimum atomic E-state index is -1.10. The molecular weight excluding hydrogens is 187 g/mol. The van der Waals surface area contributed by atoms with E-state index in [-0.39, 0.29) is 5.92 Å². The van der Waals surface area contributed by atoms with Crippen LogP contribution in [0.4, 0.5) is 4.39 Å². The van der Waals surface area contributed by atoms with E-state index in [0.717, 1.165) is 31.3 Å². The van der Waals surface area contributed by atoms with Gasteiger partial charge in [-0.25, -0.2) is 4.39 Å². The third kappa shape index (κ3) is 2.93. The zero-order valence-corrected chi connectivity index (χ0v) is 10.2. The molecule has 0 aliphatic heterocycles. The highest BCUT2D eigenvalue weighted by Crippen LogP contribution is 2.37. The van der Waals surface area contributed by atoms with Gasteiger partial charge in [-0.05, 0) is 30.8 Å². The van der Waals surface area contributed by atoms with Gasteiger partial charge < -0.3 is 0 Å². The summed E-state index contributed by atoms with van der Waals surface area (Å²) in [4.78, 5) is 0. The topological polar surface area (TPSA) is 0 Å². The van der Waals surface area contributed by atoms with E-state index in [1.54, 1.807) is 0 Å². The Balaban J connectivity index is 2.80. The molecule has 0 amide bonds. The number of allylic oxidation sites excluding steroid dienone is 4. The molecule has 86 valence electrons. The number of hydrogen-bond donors (Lipinski definition) is 0. The Kier molecular flexibility index (Phi) is 4.56. The summed E-state index contributed by atoms with van der Waals surface area (Å²) in [6, 6.07) is 0. The molecular formula is C14H23F. The van der Waals surface area contributed by atoms with Crippen molar-refractivity contribution in [3.8, 4) is 0 Å². The first-order chi connectivity index (χ1) is 7.11. The van der Waals surface area contributed by atoms with Crippen molar-refractivity contribution in [3.05, 3.63) is 23.8 Å². The maximum Gasteiger partial charge on any atom is 0.138 e. The van der Waals surface area contributed by atoms with Crippen LogP contribution in [0.2, 0.25) is 0 Å². The van der Waals surface area contributed by atoms with Gasteiger partial charge in [0.2, 0.25) is 0 Å². The van der Waals surface area contributed by atoms with Crippen LogP contribution in [0.25, 0.3) is 0 Å². The van der Waals surface area contributed by atoms with Crippen molar-refractivity contribution >= 4 is 0 Å². The third-order valence-electron chi connectivity index (χ3n) is 3.28. The first-order valence-corrected chi connectivity index (χ1v) is 6.17. The van der Waals surface area contributed by atoms with Crippen LogP contribution < -0.4 is 0 Å². The molecule has 0 nitrogen and oxygen atoms in total. The highest BCUT2D eigenvalue weighted by molar-refractivity contribution is 5.32. The van der Waals surface area contributed by atoms with Crippen LogP contribution in [0.15, 0.2) is 23.8 Å². The van der Waals surface area contributed by atoms with E-state index in [1.807, 2.05) is 19.9 Å². The van der Waals surface area contributed by atoms with Gasteiger partial charge in [-0.15, -0.1) is 0 Å². The lowest BCUT2D eigenvalue weighted by Gasteiger charge is -2.32. The van der Waals surface area contributed by atoms with Gasteiger partial charge in [-0.1, -0.05) is 51.8 Å². The molecule has 1 aliphatic rings. The number of halogens is 1. The van der Waals surface area contributed by atoms with Crippen molar-refractivity contribution in [3.63, 3.8) is 0 Å². The molecule has 1 atom stereocenters. The van der Waals surface area contributed by atoms with E-state index in [0.29, 0.717) is 6.42 Å². The molecule has 0 fully saturated rings. The summed E-state index contributed by atoms with van der Waals surface area (Å²) in [7, 11) is 0. The molecule has 0 saturated heterocycles. The standard InChI is InChI=1S/C14H23F/c1-4-5-11-14(15,12(2)3)13-9-7-6-8-10-13/h7,9-10,12H,4-6,8,11H2,1-3H3. The number of hydrogen-bond acceptors (Lipinski definition) is 0. The fourth-order valence-electron chi connectivity index (χ4n) is 2.12. The molecule has 0 saturated carbocycles. The van der Waals surface area contributed by atoms with Crippen molar-refractivity contribution in [2.45, 2.75) is 58.5 Å². The Morgan fingerprint density at radius 2 is 2.13 bits per heavy atom. The second-order valence-electron chi connectivity index (χ2n) is 4.76. The molecule has 1 rings (SSSR count). The summed E-state index contributed by atoms with van der Waals surface area (Å²) in [5.41, 5.74) is -0.190. The maximum absolute atomic E-state index is 14.9. The Bertz CT molecular complexity index is 250. The molecule has 1 aliphatic carbocycles. The van der Waals surface area contributed by atoms with Crippen molar-refractivity contribution in [2.24, 2.45) is 5.92 Å². The number of unbranched alkanes of at least 4 members (excludes halogenated alkanes) is 1. The second kappa shape index (κ2) is 5.48. The lowest BCUT2D eigenvalue weighted by Crippen LogP contribution is -2.32. The van der Waals surface area contributed by atoms with Crippen LogP contribution >= 0.6 is 0 Å². The number of rotatable bonds is 5. The predicted molar refractivity (Wildman–Crippen MR) is 64.7 cm³/mol.